The smallest absolute Gasteiger partial charge is 0.185 e. The lowest BCUT2D eigenvalue weighted by atomic mass is 10.1. The number of benzene rings is 3. The molecule has 0 aliphatic rings. The van der Waals surface area contributed by atoms with Crippen molar-refractivity contribution in [1.82, 2.24) is 29.4 Å². The van der Waals surface area contributed by atoms with Crippen LogP contribution < -0.4 is 0 Å². The van der Waals surface area contributed by atoms with Crippen molar-refractivity contribution in [3.05, 3.63) is 79.0 Å². The standard InChI is InChI=1S/C22H13FN6O/c23-15-5-7-16(8-6-15)29-21-18(11-25-29)22-26-20(27-28(22)12-24-21)17-9-13-3-1-2-4-14(13)10-19(17)30/h1-12,30H. The van der Waals surface area contributed by atoms with Crippen molar-refractivity contribution < 1.29 is 9.50 Å². The van der Waals surface area contributed by atoms with Gasteiger partial charge in [0, 0.05) is 0 Å². The van der Waals surface area contributed by atoms with Crippen LogP contribution in [0.25, 0.3) is 44.5 Å². The highest BCUT2D eigenvalue weighted by Crippen LogP contribution is 2.32. The average Bonchev–Trinajstić information content (AvgIpc) is 3.38. The molecule has 0 bridgehead atoms. The predicted molar refractivity (Wildman–Crippen MR) is 110 cm³/mol. The fraction of sp³-hybridized carbons (Fsp3) is 0. The summed E-state index contributed by atoms with van der Waals surface area (Å²) in [7, 11) is 0. The van der Waals surface area contributed by atoms with Crippen LogP contribution in [0.1, 0.15) is 0 Å². The molecule has 144 valence electrons. The van der Waals surface area contributed by atoms with Gasteiger partial charge in [-0.1, -0.05) is 24.3 Å². The van der Waals surface area contributed by atoms with Crippen molar-refractivity contribution in [1.29, 1.82) is 0 Å². The Morgan fingerprint density at radius 2 is 1.67 bits per heavy atom. The minimum absolute atomic E-state index is 0.107. The molecular weight excluding hydrogens is 383 g/mol. The fourth-order valence-electron chi connectivity index (χ4n) is 3.61. The van der Waals surface area contributed by atoms with E-state index in [0.29, 0.717) is 33.8 Å². The van der Waals surface area contributed by atoms with Gasteiger partial charge in [0.15, 0.2) is 17.1 Å². The van der Waals surface area contributed by atoms with Gasteiger partial charge in [0.05, 0.1) is 22.8 Å². The Labute approximate surface area is 168 Å². The lowest BCUT2D eigenvalue weighted by Gasteiger charge is -2.03. The van der Waals surface area contributed by atoms with Gasteiger partial charge in [-0.05, 0) is 47.2 Å². The summed E-state index contributed by atoms with van der Waals surface area (Å²) in [4.78, 5) is 9.09. The minimum atomic E-state index is -0.317. The molecule has 0 fully saturated rings. The van der Waals surface area contributed by atoms with Crippen molar-refractivity contribution in [2.24, 2.45) is 0 Å². The molecule has 0 amide bonds. The summed E-state index contributed by atoms with van der Waals surface area (Å²) in [6.45, 7) is 0. The zero-order chi connectivity index (χ0) is 20.2. The minimum Gasteiger partial charge on any atom is -0.507 e. The van der Waals surface area contributed by atoms with Gasteiger partial charge in [-0.25, -0.2) is 23.6 Å². The number of rotatable bonds is 2. The lowest BCUT2D eigenvalue weighted by Crippen LogP contribution is -1.99. The number of hydrogen-bond acceptors (Lipinski definition) is 5. The molecule has 8 heteroatoms. The van der Waals surface area contributed by atoms with Crippen LogP contribution in [0.4, 0.5) is 4.39 Å². The predicted octanol–water partition coefficient (Wildman–Crippen LogP) is 4.13. The number of hydrogen-bond donors (Lipinski definition) is 1. The highest BCUT2D eigenvalue weighted by Gasteiger charge is 2.16. The Hall–Kier alpha value is -4.33. The molecule has 3 aromatic carbocycles. The van der Waals surface area contributed by atoms with Crippen LogP contribution in [-0.4, -0.2) is 34.5 Å². The van der Waals surface area contributed by atoms with E-state index >= 15 is 0 Å². The van der Waals surface area contributed by atoms with Gasteiger partial charge in [0.1, 0.15) is 17.9 Å². The lowest BCUT2D eigenvalue weighted by molar-refractivity contribution is 0.477. The van der Waals surface area contributed by atoms with Crippen LogP contribution in [0.2, 0.25) is 0 Å². The summed E-state index contributed by atoms with van der Waals surface area (Å²) in [5, 5.41) is 22.0. The molecular formula is C22H13FN6O. The molecule has 0 saturated heterocycles. The Morgan fingerprint density at radius 3 is 2.47 bits per heavy atom. The zero-order valence-electron chi connectivity index (χ0n) is 15.4. The summed E-state index contributed by atoms with van der Waals surface area (Å²) < 4.78 is 16.4. The summed E-state index contributed by atoms with van der Waals surface area (Å²) in [5.74, 6) is 0.181. The summed E-state index contributed by atoms with van der Waals surface area (Å²) in [6.07, 6.45) is 3.20. The molecule has 0 unspecified atom stereocenters. The van der Waals surface area contributed by atoms with E-state index in [1.54, 1.807) is 39.9 Å². The van der Waals surface area contributed by atoms with Gasteiger partial charge in [-0.3, -0.25) is 0 Å². The highest BCUT2D eigenvalue weighted by molar-refractivity contribution is 5.92. The number of halogens is 1. The van der Waals surface area contributed by atoms with Crippen molar-refractivity contribution in [2.45, 2.75) is 0 Å². The Kier molecular flexibility index (Phi) is 3.37. The normalized spacial score (nSPS) is 11.6. The first kappa shape index (κ1) is 16.6. The third kappa shape index (κ3) is 2.44. The number of fused-ring (bicyclic) bond motifs is 4. The molecule has 0 aliphatic heterocycles. The van der Waals surface area contributed by atoms with E-state index in [4.69, 9.17) is 0 Å². The quantitative estimate of drug-likeness (QED) is 0.476. The van der Waals surface area contributed by atoms with Gasteiger partial charge >= 0.3 is 0 Å². The molecule has 0 radical (unpaired) electrons. The van der Waals surface area contributed by atoms with Gasteiger partial charge in [0.2, 0.25) is 0 Å². The van der Waals surface area contributed by atoms with E-state index in [1.165, 1.54) is 12.1 Å². The highest BCUT2D eigenvalue weighted by atomic mass is 19.1. The van der Waals surface area contributed by atoms with Gasteiger partial charge in [-0.15, -0.1) is 5.10 Å². The molecule has 0 spiro atoms. The van der Waals surface area contributed by atoms with Crippen LogP contribution in [0.3, 0.4) is 0 Å². The van der Waals surface area contributed by atoms with Gasteiger partial charge < -0.3 is 5.11 Å². The van der Waals surface area contributed by atoms with Crippen molar-refractivity contribution in [3.8, 4) is 22.8 Å². The maximum atomic E-state index is 13.3. The second kappa shape index (κ2) is 6.08. The molecule has 30 heavy (non-hydrogen) atoms. The number of aromatic hydroxyl groups is 1. The van der Waals surface area contributed by atoms with Crippen molar-refractivity contribution in [3.63, 3.8) is 0 Å². The van der Waals surface area contributed by atoms with Crippen LogP contribution in [0, 0.1) is 5.82 Å². The van der Waals surface area contributed by atoms with Crippen LogP contribution in [0.15, 0.2) is 73.2 Å². The van der Waals surface area contributed by atoms with E-state index in [0.717, 1.165) is 10.8 Å². The molecule has 0 aliphatic carbocycles. The van der Waals surface area contributed by atoms with Crippen LogP contribution >= 0.6 is 0 Å². The number of nitrogens with zero attached hydrogens (tertiary/aromatic N) is 6. The average molecular weight is 396 g/mol. The molecule has 6 rings (SSSR count). The maximum Gasteiger partial charge on any atom is 0.185 e. The van der Waals surface area contributed by atoms with Crippen LogP contribution in [-0.2, 0) is 0 Å². The van der Waals surface area contributed by atoms with Crippen molar-refractivity contribution in [2.75, 3.05) is 0 Å². The molecule has 7 nitrogen and oxygen atoms in total. The first-order valence-corrected chi connectivity index (χ1v) is 9.24. The molecule has 0 saturated carbocycles. The molecule has 6 aromatic rings. The van der Waals surface area contributed by atoms with Crippen molar-refractivity contribution >= 4 is 27.5 Å². The van der Waals surface area contributed by atoms with E-state index < -0.39 is 0 Å². The second-order valence-electron chi connectivity index (χ2n) is 6.93. The largest absolute Gasteiger partial charge is 0.507 e. The van der Waals surface area contributed by atoms with Crippen LogP contribution in [0.5, 0.6) is 5.75 Å². The monoisotopic (exact) mass is 396 g/mol. The van der Waals surface area contributed by atoms with Gasteiger partial charge in [-0.2, -0.15) is 5.10 Å². The fourth-order valence-corrected chi connectivity index (χ4v) is 3.61. The third-order valence-corrected chi connectivity index (χ3v) is 5.08. The van der Waals surface area contributed by atoms with E-state index in [-0.39, 0.29) is 11.6 Å². The summed E-state index contributed by atoms with van der Waals surface area (Å²) in [5.41, 5.74) is 2.37. The van der Waals surface area contributed by atoms with E-state index in [9.17, 15) is 9.50 Å². The second-order valence-corrected chi connectivity index (χ2v) is 6.93. The van der Waals surface area contributed by atoms with Gasteiger partial charge in [0.25, 0.3) is 0 Å². The molecule has 1 N–H and O–H groups in total. The summed E-state index contributed by atoms with van der Waals surface area (Å²) in [6, 6.07) is 17.4. The Morgan fingerprint density at radius 1 is 0.900 bits per heavy atom. The maximum absolute atomic E-state index is 13.3. The molecule has 0 atom stereocenters. The number of phenols is 1. The molecule has 3 aromatic heterocycles. The van der Waals surface area contributed by atoms with E-state index in [1.807, 2.05) is 30.3 Å². The first-order chi connectivity index (χ1) is 14.7. The number of phenolic OH excluding ortho intramolecular Hbond substituents is 1. The Bertz CT molecular complexity index is 1570. The third-order valence-electron chi connectivity index (χ3n) is 5.08. The first-order valence-electron chi connectivity index (χ1n) is 9.24. The zero-order valence-corrected chi connectivity index (χ0v) is 15.4. The van der Waals surface area contributed by atoms with E-state index in [2.05, 4.69) is 20.2 Å². The topological polar surface area (TPSA) is 81.1 Å². The molecule has 3 heterocycles. The summed E-state index contributed by atoms with van der Waals surface area (Å²) >= 11 is 0. The number of aromatic nitrogens is 6. The Balaban J connectivity index is 1.54. The SMILES string of the molecule is Oc1cc2ccccc2cc1-c1nc2c3cnn(-c4ccc(F)cc4)c3ncn2n1.